The van der Waals surface area contributed by atoms with E-state index in [1.165, 1.54) is 0 Å². The van der Waals surface area contributed by atoms with Gasteiger partial charge in [0.25, 0.3) is 0 Å². The predicted octanol–water partition coefficient (Wildman–Crippen LogP) is 4.33. The fraction of sp³-hybridized carbons (Fsp3) is 0.529. The number of allylic oxidation sites excluding steroid dienone is 2. The Morgan fingerprint density at radius 2 is 1.95 bits per heavy atom. The van der Waals surface area contributed by atoms with E-state index < -0.39 is 0 Å². The van der Waals surface area contributed by atoms with Gasteiger partial charge < -0.3 is 4.74 Å². The first-order valence-corrected chi connectivity index (χ1v) is 7.22. The molecule has 110 valence electrons. The van der Waals surface area contributed by atoms with E-state index in [1.807, 2.05) is 19.9 Å². The second-order valence-corrected chi connectivity index (χ2v) is 5.54. The molecule has 0 fully saturated rings. The Kier molecular flexibility index (Phi) is 5.93. The summed E-state index contributed by atoms with van der Waals surface area (Å²) in [5.74, 6) is 1.42. The molecule has 0 amide bonds. The van der Waals surface area contributed by atoms with Crippen molar-refractivity contribution in [3.05, 3.63) is 29.1 Å². The fourth-order valence-electron chi connectivity index (χ4n) is 2.04. The molecule has 0 spiro atoms. The molecule has 0 aromatic carbocycles. The van der Waals surface area contributed by atoms with E-state index in [0.717, 1.165) is 34.6 Å². The van der Waals surface area contributed by atoms with E-state index in [1.54, 1.807) is 6.08 Å². The summed E-state index contributed by atoms with van der Waals surface area (Å²) in [6, 6.07) is 2.04. The molecule has 3 nitrogen and oxygen atoms in total. The minimum Gasteiger partial charge on any atom is -0.491 e. The number of carbonyl (C=O) groups is 1. The van der Waals surface area contributed by atoms with E-state index in [9.17, 15) is 4.79 Å². The van der Waals surface area contributed by atoms with Crippen molar-refractivity contribution in [1.82, 2.24) is 4.98 Å². The Hall–Kier alpha value is -1.64. The molecule has 20 heavy (non-hydrogen) atoms. The third-order valence-electron chi connectivity index (χ3n) is 3.19. The summed E-state index contributed by atoms with van der Waals surface area (Å²) in [5.41, 5.74) is 3.88. The van der Waals surface area contributed by atoms with Gasteiger partial charge in [0.2, 0.25) is 0 Å². The van der Waals surface area contributed by atoms with Crippen molar-refractivity contribution >= 4 is 11.9 Å². The first-order valence-electron chi connectivity index (χ1n) is 7.22. The van der Waals surface area contributed by atoms with Crippen LogP contribution >= 0.6 is 0 Å². The van der Waals surface area contributed by atoms with Crippen molar-refractivity contribution in [3.8, 4) is 5.75 Å². The van der Waals surface area contributed by atoms with Crippen LogP contribution in [-0.2, 0) is 4.79 Å². The fourth-order valence-corrected chi connectivity index (χ4v) is 2.04. The first-order chi connectivity index (χ1) is 9.42. The van der Waals surface area contributed by atoms with Gasteiger partial charge in [0, 0.05) is 11.3 Å². The number of rotatable bonds is 6. The van der Waals surface area contributed by atoms with Crippen LogP contribution in [0.1, 0.15) is 70.3 Å². The summed E-state index contributed by atoms with van der Waals surface area (Å²) >= 11 is 0. The number of hydrogen-bond donors (Lipinski definition) is 0. The van der Waals surface area contributed by atoms with Crippen LogP contribution in [0.2, 0.25) is 0 Å². The molecule has 1 aromatic heterocycles. The second kappa shape index (κ2) is 7.22. The highest BCUT2D eigenvalue weighted by Crippen LogP contribution is 2.35. The van der Waals surface area contributed by atoms with Crippen LogP contribution in [0.3, 0.4) is 0 Å². The zero-order valence-corrected chi connectivity index (χ0v) is 13.4. The maximum Gasteiger partial charge on any atom is 0.148 e. The molecule has 0 unspecified atom stereocenters. The van der Waals surface area contributed by atoms with Gasteiger partial charge in [-0.05, 0) is 43.4 Å². The normalized spacial score (nSPS) is 12.1. The molecule has 0 radical (unpaired) electrons. The molecule has 0 N–H and O–H groups in total. The van der Waals surface area contributed by atoms with Crippen molar-refractivity contribution in [2.24, 2.45) is 0 Å². The summed E-state index contributed by atoms with van der Waals surface area (Å²) < 4.78 is 5.81. The average molecular weight is 275 g/mol. The van der Waals surface area contributed by atoms with Crippen LogP contribution in [0.15, 0.2) is 12.1 Å². The number of nitrogens with zero attached hydrogens (tertiary/aromatic N) is 1. The predicted molar refractivity (Wildman–Crippen MR) is 83.3 cm³/mol. The molecule has 0 saturated carbocycles. The van der Waals surface area contributed by atoms with E-state index in [-0.39, 0.29) is 5.92 Å². The van der Waals surface area contributed by atoms with Gasteiger partial charge in [0.05, 0.1) is 12.3 Å². The Balaban J connectivity index is 3.58. The van der Waals surface area contributed by atoms with Crippen molar-refractivity contribution < 1.29 is 9.53 Å². The number of carbonyl (C=O) groups excluding carboxylic acids is 1. The quantitative estimate of drug-likeness (QED) is 0.573. The average Bonchev–Trinajstić information content (AvgIpc) is 2.38. The van der Waals surface area contributed by atoms with Crippen LogP contribution in [-0.4, -0.2) is 17.9 Å². The molecular formula is C17H25NO2. The van der Waals surface area contributed by atoms with Crippen LogP contribution < -0.4 is 4.74 Å². The molecule has 0 aliphatic rings. The standard InChI is InChI=1S/C17H25NO2/c1-7-20-17-14(13(6)8-9-19)10-15(11(2)3)18-16(17)12(4)5/h8-12H,7H2,1-6H3/b13-8-. The van der Waals surface area contributed by atoms with Crippen molar-refractivity contribution in [2.45, 2.75) is 53.4 Å². The molecule has 0 saturated heterocycles. The Morgan fingerprint density at radius 3 is 2.40 bits per heavy atom. The van der Waals surface area contributed by atoms with Crippen molar-refractivity contribution in [3.63, 3.8) is 0 Å². The molecule has 1 aromatic rings. The lowest BCUT2D eigenvalue weighted by Crippen LogP contribution is -2.07. The highest BCUT2D eigenvalue weighted by molar-refractivity contribution is 5.83. The van der Waals surface area contributed by atoms with Crippen molar-refractivity contribution in [1.29, 1.82) is 0 Å². The van der Waals surface area contributed by atoms with Gasteiger partial charge in [-0.1, -0.05) is 27.7 Å². The number of hydrogen-bond acceptors (Lipinski definition) is 3. The lowest BCUT2D eigenvalue weighted by atomic mass is 9.97. The number of aromatic nitrogens is 1. The minimum atomic E-state index is 0.276. The van der Waals surface area contributed by atoms with Gasteiger partial charge >= 0.3 is 0 Å². The van der Waals surface area contributed by atoms with Crippen LogP contribution in [0.5, 0.6) is 5.75 Å². The van der Waals surface area contributed by atoms with Crippen LogP contribution in [0.25, 0.3) is 5.57 Å². The van der Waals surface area contributed by atoms with E-state index in [0.29, 0.717) is 12.5 Å². The smallest absolute Gasteiger partial charge is 0.148 e. The molecule has 3 heteroatoms. The Bertz CT molecular complexity index is 502. The number of pyridine rings is 1. The zero-order valence-electron chi connectivity index (χ0n) is 13.4. The van der Waals surface area contributed by atoms with Gasteiger partial charge in [0.15, 0.2) is 0 Å². The zero-order chi connectivity index (χ0) is 15.3. The summed E-state index contributed by atoms with van der Waals surface area (Å²) in [7, 11) is 0. The molecule has 0 aliphatic carbocycles. The maximum atomic E-state index is 10.8. The SMILES string of the molecule is CCOc1c(/C(C)=C\C=O)cc(C(C)C)nc1C(C)C. The minimum absolute atomic E-state index is 0.276. The molecule has 0 bridgehead atoms. The number of ether oxygens (including phenoxy) is 1. The Morgan fingerprint density at radius 1 is 1.30 bits per heavy atom. The highest BCUT2D eigenvalue weighted by atomic mass is 16.5. The largest absolute Gasteiger partial charge is 0.491 e. The molecular weight excluding hydrogens is 250 g/mol. The summed E-state index contributed by atoms with van der Waals surface area (Å²) in [6.45, 7) is 12.9. The van der Waals surface area contributed by atoms with Gasteiger partial charge in [-0.15, -0.1) is 0 Å². The maximum absolute atomic E-state index is 10.8. The summed E-state index contributed by atoms with van der Waals surface area (Å²) in [5, 5.41) is 0. The van der Waals surface area contributed by atoms with Crippen LogP contribution in [0.4, 0.5) is 0 Å². The monoisotopic (exact) mass is 275 g/mol. The van der Waals surface area contributed by atoms with Gasteiger partial charge in [-0.2, -0.15) is 0 Å². The number of aldehydes is 1. The molecule has 1 heterocycles. The molecule has 1 rings (SSSR count). The highest BCUT2D eigenvalue weighted by Gasteiger charge is 2.18. The van der Waals surface area contributed by atoms with E-state index >= 15 is 0 Å². The van der Waals surface area contributed by atoms with Crippen molar-refractivity contribution in [2.75, 3.05) is 6.61 Å². The van der Waals surface area contributed by atoms with Crippen LogP contribution in [0, 0.1) is 0 Å². The topological polar surface area (TPSA) is 39.2 Å². The van der Waals surface area contributed by atoms with E-state index in [2.05, 4.69) is 27.7 Å². The molecule has 0 aliphatic heterocycles. The second-order valence-electron chi connectivity index (χ2n) is 5.54. The van der Waals surface area contributed by atoms with E-state index in [4.69, 9.17) is 9.72 Å². The van der Waals surface area contributed by atoms with Gasteiger partial charge in [0.1, 0.15) is 12.0 Å². The lowest BCUT2D eigenvalue weighted by molar-refractivity contribution is -0.104. The molecule has 0 atom stereocenters. The van der Waals surface area contributed by atoms with Gasteiger partial charge in [-0.3, -0.25) is 9.78 Å². The summed E-state index contributed by atoms with van der Waals surface area (Å²) in [6.07, 6.45) is 2.39. The van der Waals surface area contributed by atoms with Gasteiger partial charge in [-0.25, -0.2) is 0 Å². The summed E-state index contributed by atoms with van der Waals surface area (Å²) in [4.78, 5) is 15.5. The first kappa shape index (κ1) is 16.4. The lowest BCUT2D eigenvalue weighted by Gasteiger charge is -2.19. The Labute approximate surface area is 122 Å². The third-order valence-corrected chi connectivity index (χ3v) is 3.19. The third kappa shape index (κ3) is 3.69.